The number of nitrogens with two attached hydrogens (primary N) is 1. The van der Waals surface area contributed by atoms with Crippen LogP contribution in [0.2, 0.25) is 0 Å². The minimum absolute atomic E-state index is 0.309. The molecule has 1 aromatic carbocycles. The van der Waals surface area contributed by atoms with Gasteiger partial charge in [-0.05, 0) is 5.56 Å². The number of carbonyl (C=O) groups excluding carboxylic acids is 2. The van der Waals surface area contributed by atoms with Crippen molar-refractivity contribution in [2.24, 2.45) is 11.1 Å². The Kier molecular flexibility index (Phi) is 4.11. The summed E-state index contributed by atoms with van der Waals surface area (Å²) in [6, 6.07) is 9.40. The number of benzene rings is 1. The van der Waals surface area contributed by atoms with Crippen molar-refractivity contribution in [1.29, 1.82) is 0 Å². The molecule has 0 saturated heterocycles. The first kappa shape index (κ1) is 14.2. The van der Waals surface area contributed by atoms with Gasteiger partial charge in [-0.25, -0.2) is 4.79 Å². The highest BCUT2D eigenvalue weighted by atomic mass is 16.6. The fraction of sp³-hybridized carbons (Fsp3) is 0.429. The van der Waals surface area contributed by atoms with Gasteiger partial charge in [0.05, 0.1) is 0 Å². The van der Waals surface area contributed by atoms with Crippen molar-refractivity contribution in [3.63, 3.8) is 0 Å². The lowest BCUT2D eigenvalue weighted by atomic mass is 9.73. The van der Waals surface area contributed by atoms with Crippen LogP contribution in [0.3, 0.4) is 0 Å². The number of hydrogen-bond acceptors (Lipinski definition) is 3. The smallest absolute Gasteiger partial charge is 0.405 e. The van der Waals surface area contributed by atoms with Crippen LogP contribution in [-0.2, 0) is 16.0 Å². The van der Waals surface area contributed by atoms with Crippen molar-refractivity contribution in [3.8, 4) is 0 Å². The molecule has 0 bridgehead atoms. The van der Waals surface area contributed by atoms with E-state index in [1.54, 1.807) is 0 Å². The molecule has 2 N–H and O–H groups in total. The van der Waals surface area contributed by atoms with Gasteiger partial charge in [-0.15, -0.1) is 0 Å². The number of aldehydes is 1. The van der Waals surface area contributed by atoms with E-state index in [9.17, 15) is 9.59 Å². The van der Waals surface area contributed by atoms with Gasteiger partial charge in [-0.3, -0.25) is 4.79 Å². The Morgan fingerprint density at radius 2 is 1.83 bits per heavy atom. The van der Waals surface area contributed by atoms with Crippen LogP contribution in [0.15, 0.2) is 30.3 Å². The minimum Gasteiger partial charge on any atom is -0.434 e. The van der Waals surface area contributed by atoms with Gasteiger partial charge < -0.3 is 10.5 Å². The van der Waals surface area contributed by atoms with Crippen molar-refractivity contribution in [2.75, 3.05) is 0 Å². The molecule has 1 aromatic rings. The zero-order chi connectivity index (χ0) is 13.8. The van der Waals surface area contributed by atoms with Crippen LogP contribution in [0.1, 0.15) is 26.3 Å². The van der Waals surface area contributed by atoms with Gasteiger partial charge in [0.1, 0.15) is 0 Å². The number of carbonyl (C=O) groups is 2. The number of rotatable bonds is 4. The molecular weight excluding hydrogens is 230 g/mol. The van der Waals surface area contributed by atoms with E-state index in [1.165, 1.54) is 0 Å². The van der Waals surface area contributed by atoms with Crippen molar-refractivity contribution in [3.05, 3.63) is 35.9 Å². The summed E-state index contributed by atoms with van der Waals surface area (Å²) in [5, 5.41) is 0. The quantitative estimate of drug-likeness (QED) is 0.832. The van der Waals surface area contributed by atoms with Crippen LogP contribution in [0.5, 0.6) is 0 Å². The molecule has 0 unspecified atom stereocenters. The Morgan fingerprint density at radius 3 is 2.22 bits per heavy atom. The van der Waals surface area contributed by atoms with E-state index in [0.717, 1.165) is 5.56 Å². The number of amides is 1. The molecule has 0 radical (unpaired) electrons. The fourth-order valence-electron chi connectivity index (χ4n) is 1.78. The summed E-state index contributed by atoms with van der Waals surface area (Å²) in [5.74, 6) is 0. The Balaban J connectivity index is 3.11. The maximum absolute atomic E-state index is 11.5. The van der Waals surface area contributed by atoms with Gasteiger partial charge in [0.15, 0.2) is 11.9 Å². The Bertz CT molecular complexity index is 422. The molecular formula is C14H19NO3. The molecule has 0 aliphatic rings. The summed E-state index contributed by atoms with van der Waals surface area (Å²) >= 11 is 0. The second kappa shape index (κ2) is 5.21. The molecule has 0 aliphatic heterocycles. The highest BCUT2D eigenvalue weighted by Crippen LogP contribution is 2.35. The average molecular weight is 249 g/mol. The largest absolute Gasteiger partial charge is 0.434 e. The predicted octanol–water partition coefficient (Wildman–Crippen LogP) is 2.31. The number of primary amides is 1. The van der Waals surface area contributed by atoms with Crippen molar-refractivity contribution < 1.29 is 14.3 Å². The molecule has 0 saturated carbocycles. The lowest BCUT2D eigenvalue weighted by Gasteiger charge is -2.39. The maximum Gasteiger partial charge on any atom is 0.405 e. The average Bonchev–Trinajstić information content (AvgIpc) is 2.27. The van der Waals surface area contributed by atoms with E-state index in [4.69, 9.17) is 10.5 Å². The zero-order valence-corrected chi connectivity index (χ0v) is 11.0. The molecule has 1 rings (SSSR count). The molecule has 18 heavy (non-hydrogen) atoms. The zero-order valence-electron chi connectivity index (χ0n) is 11.0. The molecule has 4 nitrogen and oxygen atoms in total. The van der Waals surface area contributed by atoms with Gasteiger partial charge in [-0.1, -0.05) is 51.1 Å². The van der Waals surface area contributed by atoms with Crippen LogP contribution in [0.25, 0.3) is 0 Å². The summed E-state index contributed by atoms with van der Waals surface area (Å²) in [4.78, 5) is 22.5. The van der Waals surface area contributed by atoms with E-state index >= 15 is 0 Å². The Hall–Kier alpha value is -1.84. The lowest BCUT2D eigenvalue weighted by molar-refractivity contribution is -0.135. The first-order valence-corrected chi connectivity index (χ1v) is 5.79. The highest BCUT2D eigenvalue weighted by Gasteiger charge is 2.45. The molecule has 4 heteroatoms. The summed E-state index contributed by atoms with van der Waals surface area (Å²) < 4.78 is 5.13. The maximum atomic E-state index is 11.5. The third kappa shape index (κ3) is 3.09. The van der Waals surface area contributed by atoms with Crippen LogP contribution in [0.4, 0.5) is 4.79 Å². The molecule has 0 heterocycles. The molecule has 1 amide bonds. The number of hydrogen-bond donors (Lipinski definition) is 1. The third-order valence-corrected chi connectivity index (χ3v) is 3.05. The molecule has 98 valence electrons. The number of ether oxygens (including phenoxy) is 1. The molecule has 0 spiro atoms. The normalized spacial score (nSPS) is 14.6. The van der Waals surface area contributed by atoms with E-state index in [2.05, 4.69) is 0 Å². The van der Waals surface area contributed by atoms with Crippen molar-refractivity contribution >= 4 is 12.4 Å². The second-order valence-electron chi connectivity index (χ2n) is 5.34. The van der Waals surface area contributed by atoms with E-state index in [1.807, 2.05) is 51.1 Å². The van der Waals surface area contributed by atoms with Crippen LogP contribution >= 0.6 is 0 Å². The van der Waals surface area contributed by atoms with E-state index in [0.29, 0.717) is 12.7 Å². The molecule has 0 aliphatic carbocycles. The van der Waals surface area contributed by atoms with Gasteiger partial charge in [0.25, 0.3) is 0 Å². The third-order valence-electron chi connectivity index (χ3n) is 3.05. The topological polar surface area (TPSA) is 69.4 Å². The van der Waals surface area contributed by atoms with Gasteiger partial charge in [0, 0.05) is 11.8 Å². The minimum atomic E-state index is -1.25. The van der Waals surface area contributed by atoms with Gasteiger partial charge >= 0.3 is 6.09 Å². The van der Waals surface area contributed by atoms with Crippen molar-refractivity contribution in [2.45, 2.75) is 32.8 Å². The Morgan fingerprint density at radius 1 is 1.28 bits per heavy atom. The highest BCUT2D eigenvalue weighted by molar-refractivity contribution is 5.73. The van der Waals surface area contributed by atoms with Crippen LogP contribution in [0, 0.1) is 5.41 Å². The summed E-state index contributed by atoms with van der Waals surface area (Å²) in [6.07, 6.45) is 0.0436. The molecule has 0 fully saturated rings. The summed E-state index contributed by atoms with van der Waals surface area (Å²) in [7, 11) is 0. The van der Waals surface area contributed by atoms with Crippen LogP contribution < -0.4 is 5.73 Å². The molecule has 0 aromatic heterocycles. The Labute approximate surface area is 107 Å². The van der Waals surface area contributed by atoms with Crippen molar-refractivity contribution in [1.82, 2.24) is 0 Å². The molecule has 1 atom stereocenters. The fourth-order valence-corrected chi connectivity index (χ4v) is 1.78. The van der Waals surface area contributed by atoms with E-state index < -0.39 is 17.1 Å². The van der Waals surface area contributed by atoms with Gasteiger partial charge in [-0.2, -0.15) is 0 Å². The predicted molar refractivity (Wildman–Crippen MR) is 69.1 cm³/mol. The van der Waals surface area contributed by atoms with E-state index in [-0.39, 0.29) is 0 Å². The summed E-state index contributed by atoms with van der Waals surface area (Å²) in [6.45, 7) is 5.52. The van der Waals surface area contributed by atoms with Crippen LogP contribution in [-0.4, -0.2) is 18.0 Å². The monoisotopic (exact) mass is 249 g/mol. The standard InChI is InChI=1S/C14H19NO3/c1-13(2,3)14(10-16,18-12(15)17)9-11-7-5-4-6-8-11/h4-8,10H,9H2,1-3H3,(H2,15,17)/t14-/m0/s1. The summed E-state index contributed by atoms with van der Waals surface area (Å²) in [5.41, 5.74) is 4.21. The first-order chi connectivity index (χ1) is 8.31. The SMILES string of the molecule is CC(C)(C)[C@@](C=O)(Cc1ccccc1)OC(N)=O. The van der Waals surface area contributed by atoms with Gasteiger partial charge in [0.2, 0.25) is 0 Å². The second-order valence-corrected chi connectivity index (χ2v) is 5.34. The lowest BCUT2D eigenvalue weighted by Crippen LogP contribution is -2.51. The first-order valence-electron chi connectivity index (χ1n) is 5.79.